The highest BCUT2D eigenvalue weighted by Gasteiger charge is 2.44. The number of benzene rings is 1. The van der Waals surface area contributed by atoms with Gasteiger partial charge in [-0.15, -0.1) is 0 Å². The van der Waals surface area contributed by atoms with Crippen molar-refractivity contribution in [2.45, 2.75) is 37.5 Å². The highest BCUT2D eigenvalue weighted by Crippen LogP contribution is 2.33. The van der Waals surface area contributed by atoms with E-state index in [2.05, 4.69) is 20.3 Å². The number of anilines is 1. The number of imidazole rings is 1. The van der Waals surface area contributed by atoms with Crippen LogP contribution in [0.15, 0.2) is 36.9 Å². The molecule has 166 valence electrons. The van der Waals surface area contributed by atoms with E-state index in [1.165, 1.54) is 17.2 Å². The van der Waals surface area contributed by atoms with Crippen molar-refractivity contribution in [2.24, 2.45) is 5.14 Å². The smallest absolute Gasteiger partial charge is 0.209 e. The normalized spacial score (nSPS) is 24.0. The van der Waals surface area contributed by atoms with Gasteiger partial charge in [0.15, 0.2) is 23.2 Å². The third-order valence-corrected chi connectivity index (χ3v) is 6.09. The van der Waals surface area contributed by atoms with E-state index < -0.39 is 34.6 Å². The van der Waals surface area contributed by atoms with Crippen molar-refractivity contribution in [3.05, 3.63) is 47.5 Å². The Morgan fingerprint density at radius 2 is 1.90 bits per heavy atom. The first-order valence-corrected chi connectivity index (χ1v) is 11.5. The highest BCUT2D eigenvalue weighted by atomic mass is 35.5. The third-order valence-electron chi connectivity index (χ3n) is 5.03. The number of aliphatic hydroxyl groups is 2. The van der Waals surface area contributed by atoms with E-state index in [-0.39, 0.29) is 12.2 Å². The molecule has 5 N–H and O–H groups in total. The minimum atomic E-state index is -3.72. The Bertz CT molecular complexity index is 1170. The van der Waals surface area contributed by atoms with Gasteiger partial charge in [-0.2, -0.15) is 0 Å². The Balaban J connectivity index is 1.54. The molecule has 0 aliphatic carbocycles. The van der Waals surface area contributed by atoms with Crippen molar-refractivity contribution in [3.8, 4) is 0 Å². The number of rotatable bonds is 7. The topological polar surface area (TPSA) is 165 Å². The number of halogens is 1. The third kappa shape index (κ3) is 4.79. The second-order valence-electron chi connectivity index (χ2n) is 7.23. The number of hydrogen-bond acceptors (Lipinski definition) is 9. The molecule has 4 rings (SSSR count). The molecule has 1 saturated heterocycles. The minimum absolute atomic E-state index is 0.0525. The minimum Gasteiger partial charge on any atom is -0.388 e. The van der Waals surface area contributed by atoms with Crippen LogP contribution in [-0.2, 0) is 21.3 Å². The Kier molecular flexibility index (Phi) is 6.10. The van der Waals surface area contributed by atoms with Crippen LogP contribution < -0.4 is 10.5 Å². The first-order valence-electron chi connectivity index (χ1n) is 9.41. The Labute approximate surface area is 182 Å². The van der Waals surface area contributed by atoms with Gasteiger partial charge in [0.25, 0.3) is 0 Å². The standard InChI is InChI=1S/C18H21ClN6O5S/c19-11-3-1-10(2-4-11)7-21-16-13-17(23-8-22-16)25(9-24-13)18-15(27)14(26)12(30-18)5-6-31(20,28)29/h1-4,8-9,12,14-15,18,26-27H,5-7H2,(H2,20,28,29)(H,21,22,23)/t12-,14-,15-,18-/m1/s1. The maximum Gasteiger partial charge on any atom is 0.209 e. The summed E-state index contributed by atoms with van der Waals surface area (Å²) in [5.41, 5.74) is 1.83. The van der Waals surface area contributed by atoms with Gasteiger partial charge in [-0.05, 0) is 24.1 Å². The van der Waals surface area contributed by atoms with Gasteiger partial charge in [-0.1, -0.05) is 23.7 Å². The summed E-state index contributed by atoms with van der Waals surface area (Å²) in [6, 6.07) is 7.36. The molecular formula is C18H21ClN6O5S. The first-order chi connectivity index (χ1) is 14.7. The number of hydrogen-bond donors (Lipinski definition) is 4. The molecule has 11 nitrogen and oxygen atoms in total. The van der Waals surface area contributed by atoms with Crippen molar-refractivity contribution >= 4 is 38.6 Å². The van der Waals surface area contributed by atoms with Crippen LogP contribution in [0.25, 0.3) is 11.2 Å². The molecule has 2 aromatic heterocycles. The highest BCUT2D eigenvalue weighted by molar-refractivity contribution is 7.89. The average molecular weight is 469 g/mol. The van der Waals surface area contributed by atoms with Gasteiger partial charge in [0.2, 0.25) is 10.0 Å². The summed E-state index contributed by atoms with van der Waals surface area (Å²) in [6.07, 6.45) is -1.76. The van der Waals surface area contributed by atoms with Crippen LogP contribution in [0.3, 0.4) is 0 Å². The fraction of sp³-hybridized carbons (Fsp3) is 0.389. The maximum atomic E-state index is 11.2. The van der Waals surface area contributed by atoms with Gasteiger partial charge in [0.1, 0.15) is 18.5 Å². The lowest BCUT2D eigenvalue weighted by Gasteiger charge is -2.16. The first kappa shape index (κ1) is 21.9. The molecule has 0 bridgehead atoms. The van der Waals surface area contributed by atoms with Gasteiger partial charge in [-0.25, -0.2) is 28.5 Å². The van der Waals surface area contributed by atoms with E-state index in [0.717, 1.165) is 5.56 Å². The van der Waals surface area contributed by atoms with E-state index in [0.29, 0.717) is 28.5 Å². The summed E-state index contributed by atoms with van der Waals surface area (Å²) in [7, 11) is -3.72. The zero-order valence-corrected chi connectivity index (χ0v) is 17.7. The molecule has 3 aromatic rings. The number of ether oxygens (including phenoxy) is 1. The molecule has 3 heterocycles. The van der Waals surface area contributed by atoms with Crippen LogP contribution >= 0.6 is 11.6 Å². The molecule has 1 aromatic carbocycles. The van der Waals surface area contributed by atoms with E-state index >= 15 is 0 Å². The van der Waals surface area contributed by atoms with Crippen LogP contribution in [0.4, 0.5) is 5.82 Å². The van der Waals surface area contributed by atoms with Crippen molar-refractivity contribution in [1.82, 2.24) is 19.5 Å². The number of aromatic nitrogens is 4. The zero-order valence-electron chi connectivity index (χ0n) is 16.2. The molecule has 4 atom stereocenters. The number of primary sulfonamides is 1. The van der Waals surface area contributed by atoms with Gasteiger partial charge in [-0.3, -0.25) is 4.57 Å². The monoisotopic (exact) mass is 468 g/mol. The second-order valence-corrected chi connectivity index (χ2v) is 9.40. The molecule has 1 aliphatic heterocycles. The van der Waals surface area contributed by atoms with Crippen molar-refractivity contribution < 1.29 is 23.4 Å². The van der Waals surface area contributed by atoms with Crippen molar-refractivity contribution in [1.29, 1.82) is 0 Å². The lowest BCUT2D eigenvalue weighted by atomic mass is 10.1. The lowest BCUT2D eigenvalue weighted by molar-refractivity contribution is -0.0353. The Hall–Kier alpha value is -2.35. The lowest BCUT2D eigenvalue weighted by Crippen LogP contribution is -2.33. The van der Waals surface area contributed by atoms with E-state index in [9.17, 15) is 18.6 Å². The fourth-order valence-electron chi connectivity index (χ4n) is 3.43. The molecule has 0 amide bonds. The second kappa shape index (κ2) is 8.65. The van der Waals surface area contributed by atoms with Crippen LogP contribution in [0.2, 0.25) is 5.02 Å². The number of nitrogens with two attached hydrogens (primary N) is 1. The summed E-state index contributed by atoms with van der Waals surface area (Å²) >= 11 is 5.91. The van der Waals surface area contributed by atoms with Crippen LogP contribution in [0.5, 0.6) is 0 Å². The molecule has 0 saturated carbocycles. The molecular weight excluding hydrogens is 448 g/mol. The van der Waals surface area contributed by atoms with E-state index in [1.807, 2.05) is 12.1 Å². The number of nitrogens with zero attached hydrogens (tertiary/aromatic N) is 4. The molecule has 0 radical (unpaired) electrons. The molecule has 0 unspecified atom stereocenters. The van der Waals surface area contributed by atoms with E-state index in [1.54, 1.807) is 12.1 Å². The molecule has 1 fully saturated rings. The van der Waals surface area contributed by atoms with Gasteiger partial charge in [0.05, 0.1) is 18.2 Å². The number of fused-ring (bicyclic) bond motifs is 1. The summed E-state index contributed by atoms with van der Waals surface area (Å²) in [5.74, 6) is 0.109. The largest absolute Gasteiger partial charge is 0.388 e. The number of aliphatic hydroxyl groups excluding tert-OH is 2. The molecule has 1 aliphatic rings. The summed E-state index contributed by atoms with van der Waals surface area (Å²) in [4.78, 5) is 12.8. The van der Waals surface area contributed by atoms with Crippen LogP contribution in [0, 0.1) is 0 Å². The van der Waals surface area contributed by atoms with Gasteiger partial charge >= 0.3 is 0 Å². The Morgan fingerprint density at radius 3 is 2.61 bits per heavy atom. The number of nitrogens with one attached hydrogen (secondary N) is 1. The number of sulfonamides is 1. The fourth-order valence-corrected chi connectivity index (χ4v) is 4.12. The zero-order chi connectivity index (χ0) is 22.2. The average Bonchev–Trinajstić information content (AvgIpc) is 3.27. The van der Waals surface area contributed by atoms with Gasteiger partial charge < -0.3 is 20.3 Å². The molecule has 31 heavy (non-hydrogen) atoms. The summed E-state index contributed by atoms with van der Waals surface area (Å²) in [6.45, 7) is 0.479. The Morgan fingerprint density at radius 1 is 1.16 bits per heavy atom. The summed E-state index contributed by atoms with van der Waals surface area (Å²) in [5, 5.41) is 29.6. The van der Waals surface area contributed by atoms with E-state index in [4.69, 9.17) is 21.5 Å². The predicted octanol–water partition coefficient (Wildman–Crippen LogP) is 0.390. The maximum absolute atomic E-state index is 11.2. The summed E-state index contributed by atoms with van der Waals surface area (Å²) < 4.78 is 29.6. The van der Waals surface area contributed by atoms with Crippen molar-refractivity contribution in [2.75, 3.05) is 11.1 Å². The van der Waals surface area contributed by atoms with Crippen LogP contribution in [-0.4, -0.2) is 62.2 Å². The quantitative estimate of drug-likeness (QED) is 0.383. The SMILES string of the molecule is NS(=O)(=O)CC[C@H]1O[C@@H](n2cnc3c(NCc4ccc(Cl)cc4)ncnc32)[C@H](O)[C@@H]1O. The molecule has 0 spiro atoms. The van der Waals surface area contributed by atoms with Crippen molar-refractivity contribution in [3.63, 3.8) is 0 Å². The van der Waals surface area contributed by atoms with Gasteiger partial charge in [0, 0.05) is 11.6 Å². The van der Waals surface area contributed by atoms with Crippen LogP contribution in [0.1, 0.15) is 18.2 Å². The molecule has 13 heteroatoms. The predicted molar refractivity (Wildman–Crippen MR) is 113 cm³/mol.